The van der Waals surface area contributed by atoms with Crippen LogP contribution in [0.4, 0.5) is 0 Å². The quantitative estimate of drug-likeness (QED) is 0.880. The molecule has 0 spiro atoms. The van der Waals surface area contributed by atoms with Crippen molar-refractivity contribution in [1.82, 2.24) is 14.7 Å². The van der Waals surface area contributed by atoms with Crippen molar-refractivity contribution >= 4 is 28.3 Å². The van der Waals surface area contributed by atoms with E-state index in [1.165, 1.54) is 11.3 Å². The van der Waals surface area contributed by atoms with Gasteiger partial charge >= 0.3 is 0 Å². The molecule has 0 radical (unpaired) electrons. The van der Waals surface area contributed by atoms with Gasteiger partial charge in [-0.15, -0.1) is 12.4 Å². The van der Waals surface area contributed by atoms with E-state index in [2.05, 4.69) is 56.3 Å². The Morgan fingerprint density at radius 1 is 1.27 bits per heavy atom. The molecule has 0 amide bonds. The van der Waals surface area contributed by atoms with Crippen LogP contribution >= 0.6 is 28.3 Å². The average Bonchev–Trinajstić information content (AvgIpc) is 3.06. The number of nitrogens with zero attached hydrogens (tertiary/aromatic N) is 3. The lowest BCUT2D eigenvalue weighted by Crippen LogP contribution is -2.24. The lowest BCUT2D eigenvalue weighted by molar-refractivity contribution is 0.307. The Hall–Kier alpha value is -0.880. The number of hydrogen-bond acceptors (Lipinski definition) is 3. The third-order valence-electron chi connectivity index (χ3n) is 4.43. The number of likely N-dealkylation sites (tertiary alicyclic amines) is 1. The fraction of sp³-hybridized carbons (Fsp3) is 0.438. The third-order valence-corrected chi connectivity index (χ3v) is 5.09. The number of hydrogen-bond donors (Lipinski definition) is 1. The van der Waals surface area contributed by atoms with Crippen LogP contribution in [-0.2, 0) is 13.6 Å². The minimum absolute atomic E-state index is 0. The Balaban J connectivity index is 0.00000176. The van der Waals surface area contributed by atoms with Crippen LogP contribution in [0.5, 0.6) is 0 Å². The van der Waals surface area contributed by atoms with Crippen LogP contribution in [-0.4, -0.2) is 34.3 Å². The highest BCUT2D eigenvalue weighted by atomic mass is 79.9. The summed E-state index contributed by atoms with van der Waals surface area (Å²) in [5.41, 5.74) is 8.63. The molecule has 0 bridgehead atoms. The predicted octanol–water partition coefficient (Wildman–Crippen LogP) is 2.78. The van der Waals surface area contributed by atoms with E-state index in [0.29, 0.717) is 11.8 Å². The highest BCUT2D eigenvalue weighted by molar-refractivity contribution is 9.10. The molecule has 1 aromatic carbocycles. The normalized spacial score (nSPS) is 21.8. The number of aromatic nitrogens is 2. The topological polar surface area (TPSA) is 47.1 Å². The molecule has 1 aromatic heterocycles. The van der Waals surface area contributed by atoms with E-state index < -0.39 is 0 Å². The second-order valence-electron chi connectivity index (χ2n) is 5.77. The van der Waals surface area contributed by atoms with Crippen molar-refractivity contribution in [2.45, 2.75) is 12.5 Å². The second kappa shape index (κ2) is 7.59. The molecule has 1 fully saturated rings. The molecule has 6 heteroatoms. The summed E-state index contributed by atoms with van der Waals surface area (Å²) < 4.78 is 3.02. The molecule has 2 atom stereocenters. The Labute approximate surface area is 146 Å². The molecule has 1 saturated heterocycles. The monoisotopic (exact) mass is 384 g/mol. The first-order valence-electron chi connectivity index (χ1n) is 7.32. The van der Waals surface area contributed by atoms with Gasteiger partial charge < -0.3 is 5.73 Å². The first-order chi connectivity index (χ1) is 10.2. The Kier molecular flexibility index (Phi) is 6.03. The lowest BCUT2D eigenvalue weighted by Gasteiger charge is -2.17. The second-order valence-corrected chi connectivity index (χ2v) is 6.62. The minimum Gasteiger partial charge on any atom is -0.330 e. The van der Waals surface area contributed by atoms with Crippen molar-refractivity contribution in [2.24, 2.45) is 18.7 Å². The highest BCUT2D eigenvalue weighted by Gasteiger charge is 2.33. The van der Waals surface area contributed by atoms with Crippen LogP contribution in [0.1, 0.15) is 17.2 Å². The Bertz CT molecular complexity index is 582. The van der Waals surface area contributed by atoms with Gasteiger partial charge in [-0.25, -0.2) is 0 Å². The van der Waals surface area contributed by atoms with Crippen LogP contribution < -0.4 is 5.73 Å². The lowest BCUT2D eigenvalue weighted by atomic mass is 9.89. The van der Waals surface area contributed by atoms with Gasteiger partial charge in [-0.05, 0) is 34.0 Å². The van der Waals surface area contributed by atoms with E-state index in [1.807, 2.05) is 17.9 Å². The molecule has 1 aliphatic heterocycles. The largest absolute Gasteiger partial charge is 0.330 e. The molecule has 2 heterocycles. The summed E-state index contributed by atoms with van der Waals surface area (Å²) in [5, 5.41) is 4.29. The zero-order valence-corrected chi connectivity index (χ0v) is 15.1. The van der Waals surface area contributed by atoms with Crippen molar-refractivity contribution in [2.75, 3.05) is 19.6 Å². The summed E-state index contributed by atoms with van der Waals surface area (Å²) in [4.78, 5) is 2.48. The number of aryl methyl sites for hydroxylation is 1. The molecule has 1 aliphatic rings. The van der Waals surface area contributed by atoms with Crippen molar-refractivity contribution in [3.63, 3.8) is 0 Å². The van der Waals surface area contributed by atoms with Gasteiger partial charge in [0.1, 0.15) is 0 Å². The zero-order valence-electron chi connectivity index (χ0n) is 12.7. The minimum atomic E-state index is 0. The SMILES string of the molecule is Cl.Cn1ncc(Br)c1CN1C[C@@H](CN)[C@H](c2ccccc2)C1. The molecule has 120 valence electrons. The van der Waals surface area contributed by atoms with E-state index in [-0.39, 0.29) is 12.4 Å². The summed E-state index contributed by atoms with van der Waals surface area (Å²) in [6, 6.07) is 10.7. The molecule has 22 heavy (non-hydrogen) atoms. The van der Waals surface area contributed by atoms with Gasteiger partial charge in [-0.2, -0.15) is 5.10 Å². The zero-order chi connectivity index (χ0) is 14.8. The summed E-state index contributed by atoms with van der Waals surface area (Å²) in [6.45, 7) is 3.76. The molecular weight excluding hydrogens is 364 g/mol. The van der Waals surface area contributed by atoms with Crippen molar-refractivity contribution in [3.05, 3.63) is 52.3 Å². The summed E-state index contributed by atoms with van der Waals surface area (Å²) in [6.07, 6.45) is 1.86. The summed E-state index contributed by atoms with van der Waals surface area (Å²) in [7, 11) is 1.99. The maximum absolute atomic E-state index is 6.00. The highest BCUT2D eigenvalue weighted by Crippen LogP contribution is 2.33. The third kappa shape index (κ3) is 3.54. The number of nitrogens with two attached hydrogens (primary N) is 1. The van der Waals surface area contributed by atoms with Crippen molar-refractivity contribution in [3.8, 4) is 0 Å². The van der Waals surface area contributed by atoms with Gasteiger partial charge in [-0.1, -0.05) is 30.3 Å². The van der Waals surface area contributed by atoms with Gasteiger partial charge in [0.2, 0.25) is 0 Å². The molecule has 0 unspecified atom stereocenters. The molecule has 0 saturated carbocycles. The van der Waals surface area contributed by atoms with E-state index in [9.17, 15) is 0 Å². The standard InChI is InChI=1S/C16H21BrN4.ClH/c1-20-16(15(17)8-19-20)11-21-9-13(7-18)14(10-21)12-5-3-2-4-6-12;/h2-6,8,13-14H,7,9-11,18H2,1H3;1H/t13-,14+;/m1./s1. The molecule has 2 aromatic rings. The van der Waals surface area contributed by atoms with E-state index in [4.69, 9.17) is 5.73 Å². The van der Waals surface area contributed by atoms with Crippen molar-refractivity contribution in [1.29, 1.82) is 0 Å². The van der Waals surface area contributed by atoms with E-state index in [1.54, 1.807) is 0 Å². The van der Waals surface area contributed by atoms with Crippen LogP contribution in [0.2, 0.25) is 0 Å². The van der Waals surface area contributed by atoms with Gasteiger partial charge in [0.25, 0.3) is 0 Å². The fourth-order valence-electron chi connectivity index (χ4n) is 3.23. The van der Waals surface area contributed by atoms with E-state index >= 15 is 0 Å². The van der Waals surface area contributed by atoms with Crippen LogP contribution in [0.25, 0.3) is 0 Å². The Morgan fingerprint density at radius 3 is 2.59 bits per heavy atom. The van der Waals surface area contributed by atoms with Crippen LogP contribution in [0, 0.1) is 5.92 Å². The molecule has 4 nitrogen and oxygen atoms in total. The summed E-state index contributed by atoms with van der Waals surface area (Å²) >= 11 is 3.58. The average molecular weight is 386 g/mol. The number of benzene rings is 1. The molecule has 0 aliphatic carbocycles. The smallest absolute Gasteiger partial charge is 0.0663 e. The molecular formula is C16H22BrClN4. The van der Waals surface area contributed by atoms with Crippen LogP contribution in [0.15, 0.2) is 41.0 Å². The summed E-state index contributed by atoms with van der Waals surface area (Å²) in [5.74, 6) is 1.06. The van der Waals surface area contributed by atoms with Gasteiger partial charge in [0, 0.05) is 32.6 Å². The first kappa shape index (κ1) is 17.5. The first-order valence-corrected chi connectivity index (χ1v) is 8.12. The van der Waals surface area contributed by atoms with E-state index in [0.717, 1.165) is 30.7 Å². The predicted molar refractivity (Wildman–Crippen MR) is 95.2 cm³/mol. The van der Waals surface area contributed by atoms with Gasteiger partial charge in [0.05, 0.1) is 16.4 Å². The Morgan fingerprint density at radius 2 is 2.00 bits per heavy atom. The maximum atomic E-state index is 6.00. The number of halogens is 2. The van der Waals surface area contributed by atoms with Gasteiger partial charge in [0.15, 0.2) is 0 Å². The fourth-order valence-corrected chi connectivity index (χ4v) is 3.71. The van der Waals surface area contributed by atoms with Crippen LogP contribution in [0.3, 0.4) is 0 Å². The van der Waals surface area contributed by atoms with Gasteiger partial charge in [-0.3, -0.25) is 9.58 Å². The van der Waals surface area contributed by atoms with Crippen molar-refractivity contribution < 1.29 is 0 Å². The number of rotatable bonds is 4. The molecule has 2 N–H and O–H groups in total. The molecule has 3 rings (SSSR count). The maximum Gasteiger partial charge on any atom is 0.0663 e.